The summed E-state index contributed by atoms with van der Waals surface area (Å²) >= 11 is 2.94. The van der Waals surface area contributed by atoms with E-state index in [2.05, 4.69) is 20.7 Å². The van der Waals surface area contributed by atoms with Crippen molar-refractivity contribution in [1.29, 1.82) is 0 Å². The number of hydrogen-bond donors (Lipinski definition) is 2. The van der Waals surface area contributed by atoms with Crippen molar-refractivity contribution >= 4 is 31.9 Å². The van der Waals surface area contributed by atoms with Gasteiger partial charge in [-0.15, -0.1) is 0 Å². The zero-order chi connectivity index (χ0) is 14.8. The first kappa shape index (κ1) is 16.1. The molecule has 1 atom stereocenters. The minimum Gasteiger partial charge on any atom is -0.480 e. The molecule has 0 radical (unpaired) electrons. The fraction of sp³-hybridized carbons (Fsp3) is 0.364. The molecule has 1 aromatic carbocycles. The number of aliphatic carboxylic acids is 1. The second-order valence-electron chi connectivity index (χ2n) is 4.26. The van der Waals surface area contributed by atoms with Crippen LogP contribution >= 0.6 is 15.9 Å². The molecule has 2 N–H and O–H groups in total. The molecule has 0 bridgehead atoms. The summed E-state index contributed by atoms with van der Waals surface area (Å²) in [5.74, 6) is -2.28. The highest BCUT2D eigenvalue weighted by Crippen LogP contribution is 2.23. The van der Waals surface area contributed by atoms with E-state index in [0.717, 1.165) is 18.2 Å². The number of sulfonamides is 1. The summed E-state index contributed by atoms with van der Waals surface area (Å²) in [6.07, 6.45) is 0. The second kappa shape index (κ2) is 5.98. The Morgan fingerprint density at radius 3 is 2.42 bits per heavy atom. The van der Waals surface area contributed by atoms with E-state index >= 15 is 0 Å². The average molecular weight is 354 g/mol. The first-order chi connectivity index (χ1) is 8.65. The largest absolute Gasteiger partial charge is 0.480 e. The summed E-state index contributed by atoms with van der Waals surface area (Å²) in [6.45, 7) is 3.17. The lowest BCUT2D eigenvalue weighted by Gasteiger charge is -2.18. The summed E-state index contributed by atoms with van der Waals surface area (Å²) in [7, 11) is -4.04. The summed E-state index contributed by atoms with van der Waals surface area (Å²) in [4.78, 5) is 10.8. The second-order valence-corrected chi connectivity index (χ2v) is 6.79. The standard InChI is InChI=1S/C11H13BrFNO4S/c1-6(2)10(11(15)16)14-19(17,18)9-4-3-7(13)5-8(9)12/h3-6,10,14H,1-2H3,(H,15,16)/t10-/m1/s1. The van der Waals surface area contributed by atoms with Crippen molar-refractivity contribution in [3.8, 4) is 0 Å². The third-order valence-electron chi connectivity index (χ3n) is 2.40. The van der Waals surface area contributed by atoms with Crippen LogP contribution in [0.25, 0.3) is 0 Å². The number of halogens is 2. The van der Waals surface area contributed by atoms with Gasteiger partial charge in [0.1, 0.15) is 11.9 Å². The quantitative estimate of drug-likeness (QED) is 0.847. The first-order valence-corrected chi connectivity index (χ1v) is 7.63. The minimum absolute atomic E-state index is 0.0351. The van der Waals surface area contributed by atoms with Gasteiger partial charge in [0.05, 0.1) is 4.90 Å². The number of benzene rings is 1. The Labute approximate surface area is 119 Å². The lowest BCUT2D eigenvalue weighted by atomic mass is 10.1. The molecule has 0 unspecified atom stereocenters. The van der Waals surface area contributed by atoms with Crippen LogP contribution in [-0.2, 0) is 14.8 Å². The summed E-state index contributed by atoms with van der Waals surface area (Å²) < 4.78 is 39.2. The molecule has 0 saturated heterocycles. The highest BCUT2D eigenvalue weighted by atomic mass is 79.9. The van der Waals surface area contributed by atoms with E-state index in [1.807, 2.05) is 0 Å². The van der Waals surface area contributed by atoms with Crippen LogP contribution in [0.3, 0.4) is 0 Å². The molecule has 19 heavy (non-hydrogen) atoms. The van der Waals surface area contributed by atoms with Crippen LogP contribution in [-0.4, -0.2) is 25.5 Å². The molecule has 1 aromatic rings. The molecule has 0 fully saturated rings. The fourth-order valence-electron chi connectivity index (χ4n) is 1.40. The van der Waals surface area contributed by atoms with Gasteiger partial charge in [0.15, 0.2) is 0 Å². The monoisotopic (exact) mass is 353 g/mol. The number of hydrogen-bond acceptors (Lipinski definition) is 3. The predicted octanol–water partition coefficient (Wildman–Crippen LogP) is 1.98. The molecule has 0 heterocycles. The van der Waals surface area contributed by atoms with Crippen molar-refractivity contribution in [3.63, 3.8) is 0 Å². The van der Waals surface area contributed by atoms with E-state index in [1.165, 1.54) is 0 Å². The number of carboxylic acids is 1. The molecule has 0 amide bonds. The maximum Gasteiger partial charge on any atom is 0.322 e. The molecule has 1 rings (SSSR count). The van der Waals surface area contributed by atoms with Gasteiger partial charge in [-0.05, 0) is 40.0 Å². The number of carboxylic acid groups (broad SMARTS) is 1. The van der Waals surface area contributed by atoms with Crippen LogP contribution in [0.2, 0.25) is 0 Å². The Balaban J connectivity index is 3.14. The Bertz CT molecular complexity index is 588. The Hall–Kier alpha value is -0.990. The highest BCUT2D eigenvalue weighted by molar-refractivity contribution is 9.10. The lowest BCUT2D eigenvalue weighted by Crippen LogP contribution is -2.44. The van der Waals surface area contributed by atoms with E-state index in [0.29, 0.717) is 0 Å². The van der Waals surface area contributed by atoms with Crippen molar-refractivity contribution in [2.75, 3.05) is 0 Å². The fourth-order valence-corrected chi connectivity index (χ4v) is 3.78. The third kappa shape index (κ3) is 3.99. The van der Waals surface area contributed by atoms with Crippen LogP contribution in [0.4, 0.5) is 4.39 Å². The summed E-state index contributed by atoms with van der Waals surface area (Å²) in [6, 6.07) is 1.81. The molecule has 0 saturated carbocycles. The van der Waals surface area contributed by atoms with Gasteiger partial charge in [0.25, 0.3) is 0 Å². The number of carbonyl (C=O) groups is 1. The zero-order valence-electron chi connectivity index (χ0n) is 10.2. The molecular formula is C11H13BrFNO4S. The minimum atomic E-state index is -4.04. The molecule has 106 valence electrons. The molecule has 0 aliphatic rings. The van der Waals surface area contributed by atoms with Crippen LogP contribution in [0, 0.1) is 11.7 Å². The van der Waals surface area contributed by atoms with E-state index in [9.17, 15) is 17.6 Å². The zero-order valence-corrected chi connectivity index (χ0v) is 12.6. The van der Waals surface area contributed by atoms with Crippen LogP contribution < -0.4 is 4.72 Å². The van der Waals surface area contributed by atoms with Crippen molar-refractivity contribution in [3.05, 3.63) is 28.5 Å². The van der Waals surface area contributed by atoms with Crippen LogP contribution in [0.15, 0.2) is 27.6 Å². The number of nitrogens with one attached hydrogen (secondary N) is 1. The molecular weight excluding hydrogens is 341 g/mol. The highest BCUT2D eigenvalue weighted by Gasteiger charge is 2.29. The van der Waals surface area contributed by atoms with Crippen molar-refractivity contribution in [2.24, 2.45) is 5.92 Å². The van der Waals surface area contributed by atoms with Crippen molar-refractivity contribution in [2.45, 2.75) is 24.8 Å². The molecule has 8 heteroatoms. The SMILES string of the molecule is CC(C)[C@@H](NS(=O)(=O)c1ccc(F)cc1Br)C(=O)O. The molecule has 5 nitrogen and oxygen atoms in total. The lowest BCUT2D eigenvalue weighted by molar-refractivity contribution is -0.140. The topological polar surface area (TPSA) is 83.5 Å². The van der Waals surface area contributed by atoms with Crippen LogP contribution in [0.1, 0.15) is 13.8 Å². The summed E-state index contributed by atoms with van der Waals surface area (Å²) in [5.41, 5.74) is 0. The van der Waals surface area contributed by atoms with Gasteiger partial charge in [-0.25, -0.2) is 12.8 Å². The van der Waals surface area contributed by atoms with E-state index in [1.54, 1.807) is 13.8 Å². The van der Waals surface area contributed by atoms with Gasteiger partial charge >= 0.3 is 5.97 Å². The van der Waals surface area contributed by atoms with Crippen LogP contribution in [0.5, 0.6) is 0 Å². The van der Waals surface area contributed by atoms with Gasteiger partial charge in [-0.1, -0.05) is 13.8 Å². The van der Waals surface area contributed by atoms with Gasteiger partial charge in [0.2, 0.25) is 10.0 Å². The average Bonchev–Trinajstić information content (AvgIpc) is 2.24. The Morgan fingerprint density at radius 1 is 1.42 bits per heavy atom. The van der Waals surface area contributed by atoms with E-state index < -0.39 is 33.8 Å². The molecule has 0 aromatic heterocycles. The smallest absolute Gasteiger partial charge is 0.322 e. The molecule has 0 aliphatic heterocycles. The Kier molecular flexibility index (Phi) is 5.05. The Morgan fingerprint density at radius 2 is 2.00 bits per heavy atom. The van der Waals surface area contributed by atoms with E-state index in [-0.39, 0.29) is 9.37 Å². The van der Waals surface area contributed by atoms with Crippen molar-refractivity contribution in [1.82, 2.24) is 4.72 Å². The normalized spacial score (nSPS) is 13.5. The maximum absolute atomic E-state index is 12.9. The first-order valence-electron chi connectivity index (χ1n) is 5.35. The van der Waals surface area contributed by atoms with E-state index in [4.69, 9.17) is 5.11 Å². The maximum atomic E-state index is 12.9. The predicted molar refractivity (Wildman–Crippen MR) is 70.7 cm³/mol. The van der Waals surface area contributed by atoms with Crippen molar-refractivity contribution < 1.29 is 22.7 Å². The molecule has 0 spiro atoms. The van der Waals surface area contributed by atoms with Gasteiger partial charge < -0.3 is 5.11 Å². The van der Waals surface area contributed by atoms with Gasteiger partial charge in [0, 0.05) is 4.47 Å². The summed E-state index contributed by atoms with van der Waals surface area (Å²) in [5, 5.41) is 8.97. The van der Waals surface area contributed by atoms with Gasteiger partial charge in [-0.3, -0.25) is 4.79 Å². The van der Waals surface area contributed by atoms with Gasteiger partial charge in [-0.2, -0.15) is 4.72 Å². The third-order valence-corrected chi connectivity index (χ3v) is 4.82. The number of rotatable bonds is 5. The molecule has 0 aliphatic carbocycles.